The van der Waals surface area contributed by atoms with E-state index in [4.69, 9.17) is 4.74 Å². The minimum atomic E-state index is -0.728. The van der Waals surface area contributed by atoms with Crippen molar-refractivity contribution in [3.8, 4) is 5.75 Å². The van der Waals surface area contributed by atoms with Crippen LogP contribution in [0.15, 0.2) is 36.7 Å². The number of aliphatic hydroxyl groups is 1. The van der Waals surface area contributed by atoms with E-state index >= 15 is 0 Å². The highest BCUT2D eigenvalue weighted by molar-refractivity contribution is 5.43. The van der Waals surface area contributed by atoms with Gasteiger partial charge in [0.25, 0.3) is 0 Å². The number of piperidine rings is 1. The van der Waals surface area contributed by atoms with Crippen LogP contribution in [-0.2, 0) is 12.1 Å². The van der Waals surface area contributed by atoms with Crippen LogP contribution in [0.3, 0.4) is 0 Å². The maximum Gasteiger partial charge on any atom is 0.122 e. The largest absolute Gasteiger partial charge is 0.496 e. The van der Waals surface area contributed by atoms with Gasteiger partial charge in [-0.1, -0.05) is 18.6 Å². The SMILES string of the molecule is COc1ccc(CN2C[C@@H]3CCC[C@@H](C2)C3(O)c2cccnc2)c(C)c1C. The predicted molar refractivity (Wildman–Crippen MR) is 107 cm³/mol. The van der Waals surface area contributed by atoms with Crippen molar-refractivity contribution in [2.75, 3.05) is 20.2 Å². The highest BCUT2D eigenvalue weighted by Crippen LogP contribution is 2.49. The number of likely N-dealkylation sites (tertiary alicyclic amines) is 1. The quantitative estimate of drug-likeness (QED) is 0.893. The molecule has 2 heterocycles. The molecule has 1 saturated carbocycles. The summed E-state index contributed by atoms with van der Waals surface area (Å²) in [5, 5.41) is 11.7. The number of hydrogen-bond donors (Lipinski definition) is 1. The van der Waals surface area contributed by atoms with Crippen molar-refractivity contribution in [2.24, 2.45) is 11.8 Å². The second-order valence-corrected chi connectivity index (χ2v) is 8.26. The summed E-state index contributed by atoms with van der Waals surface area (Å²) in [4.78, 5) is 6.81. The lowest BCUT2D eigenvalue weighted by atomic mass is 9.63. The van der Waals surface area contributed by atoms with Crippen molar-refractivity contribution in [1.82, 2.24) is 9.88 Å². The average molecular weight is 367 g/mol. The Morgan fingerprint density at radius 3 is 2.52 bits per heavy atom. The summed E-state index contributed by atoms with van der Waals surface area (Å²) in [6, 6.07) is 8.26. The molecule has 1 aromatic carbocycles. The van der Waals surface area contributed by atoms with Crippen LogP contribution >= 0.6 is 0 Å². The molecule has 1 aliphatic carbocycles. The van der Waals surface area contributed by atoms with Crippen LogP contribution in [0.5, 0.6) is 5.75 Å². The van der Waals surface area contributed by atoms with Gasteiger partial charge in [-0.25, -0.2) is 0 Å². The Labute approximate surface area is 162 Å². The van der Waals surface area contributed by atoms with Gasteiger partial charge in [0, 0.05) is 49.4 Å². The van der Waals surface area contributed by atoms with E-state index in [-0.39, 0.29) is 11.8 Å². The topological polar surface area (TPSA) is 45.6 Å². The maximum atomic E-state index is 11.7. The zero-order chi connectivity index (χ0) is 19.0. The lowest BCUT2D eigenvalue weighted by molar-refractivity contribution is -0.148. The fraction of sp³-hybridized carbons (Fsp3) is 0.522. The van der Waals surface area contributed by atoms with Gasteiger partial charge < -0.3 is 9.84 Å². The molecule has 2 fully saturated rings. The maximum absolute atomic E-state index is 11.7. The molecule has 2 aromatic rings. The Balaban J connectivity index is 1.57. The number of rotatable bonds is 4. The summed E-state index contributed by atoms with van der Waals surface area (Å²) in [5.74, 6) is 1.50. The predicted octanol–water partition coefficient (Wildman–Crippen LogP) is 3.83. The second kappa shape index (κ2) is 7.25. The molecule has 27 heavy (non-hydrogen) atoms. The van der Waals surface area contributed by atoms with Crippen molar-refractivity contribution >= 4 is 0 Å². The van der Waals surface area contributed by atoms with E-state index in [9.17, 15) is 5.11 Å². The molecule has 1 N–H and O–H groups in total. The van der Waals surface area contributed by atoms with E-state index < -0.39 is 5.60 Å². The minimum absolute atomic E-state index is 0.272. The summed E-state index contributed by atoms with van der Waals surface area (Å²) in [5.41, 5.74) is 4.16. The van der Waals surface area contributed by atoms with Crippen molar-refractivity contribution < 1.29 is 9.84 Å². The Morgan fingerprint density at radius 2 is 1.89 bits per heavy atom. The van der Waals surface area contributed by atoms with Gasteiger partial charge in [-0.05, 0) is 55.5 Å². The third-order valence-electron chi connectivity index (χ3n) is 6.89. The first-order valence-electron chi connectivity index (χ1n) is 10.0. The van der Waals surface area contributed by atoms with Gasteiger partial charge in [-0.2, -0.15) is 0 Å². The first-order chi connectivity index (χ1) is 13.0. The van der Waals surface area contributed by atoms with Crippen LogP contribution < -0.4 is 4.74 Å². The van der Waals surface area contributed by atoms with Crippen LogP contribution in [0, 0.1) is 25.7 Å². The van der Waals surface area contributed by atoms with E-state index in [0.717, 1.165) is 43.8 Å². The molecule has 0 unspecified atom stereocenters. The minimum Gasteiger partial charge on any atom is -0.496 e. The molecular weight excluding hydrogens is 336 g/mol. The van der Waals surface area contributed by atoms with Crippen LogP contribution in [0.2, 0.25) is 0 Å². The average Bonchev–Trinajstić information content (AvgIpc) is 2.67. The molecule has 0 spiro atoms. The third-order valence-corrected chi connectivity index (χ3v) is 6.89. The number of nitrogens with zero attached hydrogens (tertiary/aromatic N) is 2. The molecule has 0 amide bonds. The molecule has 2 aliphatic rings. The van der Waals surface area contributed by atoms with Gasteiger partial charge >= 0.3 is 0 Å². The summed E-state index contributed by atoms with van der Waals surface area (Å²) < 4.78 is 5.46. The van der Waals surface area contributed by atoms with Crippen molar-refractivity contribution in [3.63, 3.8) is 0 Å². The highest BCUT2D eigenvalue weighted by atomic mass is 16.5. The standard InChI is InChI=1S/C23H30N2O2/c1-16-17(2)22(27-3)10-9-18(16)13-25-14-20-6-4-7-21(15-25)23(20,26)19-8-5-11-24-12-19/h5,8-12,20-21,26H,4,6-7,13-15H2,1-3H3/t20-,21-/m0/s1. The summed E-state index contributed by atoms with van der Waals surface area (Å²) in [6.07, 6.45) is 7.02. The summed E-state index contributed by atoms with van der Waals surface area (Å²) in [7, 11) is 1.73. The van der Waals surface area contributed by atoms with E-state index in [1.54, 1.807) is 13.3 Å². The number of hydrogen-bond acceptors (Lipinski definition) is 4. The monoisotopic (exact) mass is 366 g/mol. The van der Waals surface area contributed by atoms with Gasteiger partial charge in [0.05, 0.1) is 12.7 Å². The van der Waals surface area contributed by atoms with Gasteiger partial charge in [0.15, 0.2) is 0 Å². The first kappa shape index (κ1) is 18.5. The lowest BCUT2D eigenvalue weighted by Gasteiger charge is -2.53. The molecule has 2 atom stereocenters. The summed E-state index contributed by atoms with van der Waals surface area (Å²) in [6.45, 7) is 7.12. The van der Waals surface area contributed by atoms with Gasteiger partial charge in [0.1, 0.15) is 5.75 Å². The third kappa shape index (κ3) is 3.15. The lowest BCUT2D eigenvalue weighted by Crippen LogP contribution is -2.57. The highest BCUT2D eigenvalue weighted by Gasteiger charge is 2.51. The van der Waals surface area contributed by atoms with Crippen LogP contribution in [0.1, 0.15) is 41.5 Å². The van der Waals surface area contributed by atoms with Crippen molar-refractivity contribution in [2.45, 2.75) is 45.3 Å². The smallest absolute Gasteiger partial charge is 0.122 e. The molecule has 1 aromatic heterocycles. The zero-order valence-corrected chi connectivity index (χ0v) is 16.6. The number of benzene rings is 1. The first-order valence-corrected chi connectivity index (χ1v) is 10.0. The van der Waals surface area contributed by atoms with E-state index in [2.05, 4.69) is 35.9 Å². The fourth-order valence-corrected chi connectivity index (χ4v) is 5.23. The number of fused-ring (bicyclic) bond motifs is 2. The van der Waals surface area contributed by atoms with Crippen LogP contribution in [-0.4, -0.2) is 35.2 Å². The van der Waals surface area contributed by atoms with E-state index in [1.165, 1.54) is 23.1 Å². The van der Waals surface area contributed by atoms with Gasteiger partial charge in [-0.3, -0.25) is 9.88 Å². The van der Waals surface area contributed by atoms with Gasteiger partial charge in [-0.15, -0.1) is 0 Å². The molecular formula is C23H30N2O2. The normalized spacial score (nSPS) is 28.1. The Kier molecular flexibility index (Phi) is 4.95. The number of aromatic nitrogens is 1. The van der Waals surface area contributed by atoms with Crippen molar-refractivity contribution in [1.29, 1.82) is 0 Å². The molecule has 1 saturated heterocycles. The Hall–Kier alpha value is -1.91. The van der Waals surface area contributed by atoms with E-state index in [1.807, 2.05) is 18.3 Å². The molecule has 4 heteroatoms. The van der Waals surface area contributed by atoms with Crippen LogP contribution in [0.25, 0.3) is 0 Å². The molecule has 1 aliphatic heterocycles. The Morgan fingerprint density at radius 1 is 1.15 bits per heavy atom. The molecule has 144 valence electrons. The van der Waals surface area contributed by atoms with E-state index in [0.29, 0.717) is 0 Å². The molecule has 0 radical (unpaired) electrons. The fourth-order valence-electron chi connectivity index (χ4n) is 5.23. The molecule has 4 nitrogen and oxygen atoms in total. The number of methoxy groups -OCH3 is 1. The Bertz CT molecular complexity index is 792. The summed E-state index contributed by atoms with van der Waals surface area (Å²) >= 11 is 0. The number of pyridine rings is 1. The molecule has 4 rings (SSSR count). The zero-order valence-electron chi connectivity index (χ0n) is 16.6. The van der Waals surface area contributed by atoms with Gasteiger partial charge in [0.2, 0.25) is 0 Å². The molecule has 2 bridgehead atoms. The van der Waals surface area contributed by atoms with Crippen molar-refractivity contribution in [3.05, 3.63) is 58.9 Å². The number of ether oxygens (including phenoxy) is 1. The van der Waals surface area contributed by atoms with Crippen LogP contribution in [0.4, 0.5) is 0 Å². The second-order valence-electron chi connectivity index (χ2n) is 8.26.